The van der Waals surface area contributed by atoms with Crippen LogP contribution >= 0.6 is 0 Å². The number of pyridine rings is 1. The molecular formula is C19H37N3O5. The summed E-state index contributed by atoms with van der Waals surface area (Å²) in [6.45, 7) is 11.7. The molecule has 158 valence electrons. The van der Waals surface area contributed by atoms with Crippen molar-refractivity contribution >= 4 is 11.8 Å². The van der Waals surface area contributed by atoms with E-state index in [-0.39, 0.29) is 17.0 Å². The molecule has 0 unspecified atom stereocenters. The van der Waals surface area contributed by atoms with Crippen molar-refractivity contribution in [2.75, 3.05) is 25.4 Å². The van der Waals surface area contributed by atoms with E-state index in [1.54, 1.807) is 23.2 Å². The number of carbonyl (C=O) groups excluding carboxylic acids is 1. The molecule has 8 nitrogen and oxygen atoms in total. The van der Waals surface area contributed by atoms with Gasteiger partial charge in [-0.25, -0.2) is 9.78 Å². The number of amides is 1. The highest BCUT2D eigenvalue weighted by molar-refractivity contribution is 5.68. The van der Waals surface area contributed by atoms with Gasteiger partial charge in [0.05, 0.1) is 12.3 Å². The fourth-order valence-corrected chi connectivity index (χ4v) is 2.58. The maximum atomic E-state index is 12.0. The average molecular weight is 388 g/mol. The topological polar surface area (TPSA) is 141 Å². The minimum Gasteiger partial charge on any atom is -0.476 e. The molecule has 0 aliphatic carbocycles. The number of piperidine rings is 1. The first-order chi connectivity index (χ1) is 11.8. The summed E-state index contributed by atoms with van der Waals surface area (Å²) in [4.78, 5) is 17.9. The number of hydrogen-bond acceptors (Lipinski definition) is 5. The molecule has 0 radical (unpaired) electrons. The molecule has 27 heavy (non-hydrogen) atoms. The second-order valence-corrected chi connectivity index (χ2v) is 6.95. The van der Waals surface area contributed by atoms with Crippen LogP contribution < -0.4 is 10.5 Å². The Bertz CT molecular complexity index is 526. The maximum Gasteiger partial charge on any atom is 0.410 e. The van der Waals surface area contributed by atoms with Crippen LogP contribution in [0.4, 0.5) is 10.5 Å². The first kappa shape index (κ1) is 27.2. The first-order valence-corrected chi connectivity index (χ1v) is 9.16. The highest BCUT2D eigenvalue weighted by Gasteiger charge is 2.26. The van der Waals surface area contributed by atoms with Gasteiger partial charge in [-0.2, -0.15) is 0 Å². The molecule has 1 saturated heterocycles. The molecule has 2 heterocycles. The van der Waals surface area contributed by atoms with Crippen molar-refractivity contribution < 1.29 is 25.2 Å². The van der Waals surface area contributed by atoms with E-state index >= 15 is 0 Å². The first-order valence-electron chi connectivity index (χ1n) is 9.16. The predicted molar refractivity (Wildman–Crippen MR) is 108 cm³/mol. The van der Waals surface area contributed by atoms with Gasteiger partial charge in [0.15, 0.2) is 0 Å². The predicted octanol–water partition coefficient (Wildman–Crippen LogP) is 2.46. The zero-order chi connectivity index (χ0) is 18.9. The Balaban J connectivity index is 0. The second-order valence-electron chi connectivity index (χ2n) is 6.95. The summed E-state index contributed by atoms with van der Waals surface area (Å²) < 4.78 is 11.0. The van der Waals surface area contributed by atoms with E-state index in [2.05, 4.69) is 4.98 Å². The zero-order valence-electron chi connectivity index (χ0n) is 17.2. The Morgan fingerprint density at radius 2 is 1.85 bits per heavy atom. The van der Waals surface area contributed by atoms with Crippen LogP contribution in [-0.2, 0) is 4.74 Å². The third kappa shape index (κ3) is 10.0. The SMILES string of the molecule is CC.CC(C)(C)OC(=O)N1CCC(CCOc2ncccc2N)CC1.O.O. The van der Waals surface area contributed by atoms with Crippen LogP contribution in [0.5, 0.6) is 5.88 Å². The minimum atomic E-state index is -0.440. The van der Waals surface area contributed by atoms with Gasteiger partial charge in [0.25, 0.3) is 0 Å². The fourth-order valence-electron chi connectivity index (χ4n) is 2.58. The molecule has 1 aliphatic rings. The number of hydrogen-bond donors (Lipinski definition) is 1. The highest BCUT2D eigenvalue weighted by atomic mass is 16.6. The van der Waals surface area contributed by atoms with Gasteiger partial charge in [-0.15, -0.1) is 0 Å². The van der Waals surface area contributed by atoms with E-state index in [0.29, 0.717) is 24.1 Å². The van der Waals surface area contributed by atoms with E-state index in [1.165, 1.54) is 0 Å². The van der Waals surface area contributed by atoms with Crippen molar-refractivity contribution in [2.45, 2.75) is 59.5 Å². The lowest BCUT2D eigenvalue weighted by molar-refractivity contribution is 0.0177. The number of aromatic nitrogens is 1. The maximum absolute atomic E-state index is 12.0. The van der Waals surface area contributed by atoms with Gasteiger partial charge < -0.3 is 31.1 Å². The Hall–Kier alpha value is -2.06. The summed E-state index contributed by atoms with van der Waals surface area (Å²) in [5, 5.41) is 0. The lowest BCUT2D eigenvalue weighted by Crippen LogP contribution is -2.41. The average Bonchev–Trinajstić information content (AvgIpc) is 2.57. The Labute approximate surface area is 162 Å². The molecule has 0 saturated carbocycles. The second kappa shape index (κ2) is 13.2. The largest absolute Gasteiger partial charge is 0.476 e. The summed E-state index contributed by atoms with van der Waals surface area (Å²) in [6, 6.07) is 3.57. The summed E-state index contributed by atoms with van der Waals surface area (Å²) in [5.41, 5.74) is 5.92. The van der Waals surface area contributed by atoms with Crippen LogP contribution in [0.1, 0.15) is 53.9 Å². The van der Waals surface area contributed by atoms with Crippen LogP contribution in [0.2, 0.25) is 0 Å². The lowest BCUT2D eigenvalue weighted by atomic mass is 9.94. The minimum absolute atomic E-state index is 0. The molecule has 1 aliphatic heterocycles. The van der Waals surface area contributed by atoms with Crippen LogP contribution in [-0.4, -0.2) is 52.2 Å². The van der Waals surface area contributed by atoms with Crippen molar-refractivity contribution in [1.82, 2.24) is 9.88 Å². The summed E-state index contributed by atoms with van der Waals surface area (Å²) in [5.74, 6) is 1.05. The van der Waals surface area contributed by atoms with Gasteiger partial charge in [-0.05, 0) is 58.1 Å². The fraction of sp³-hybridized carbons (Fsp3) is 0.684. The van der Waals surface area contributed by atoms with E-state index < -0.39 is 5.60 Å². The van der Waals surface area contributed by atoms with Crippen LogP contribution in [0.25, 0.3) is 0 Å². The molecule has 1 fully saturated rings. The molecule has 0 atom stereocenters. The quantitative estimate of drug-likeness (QED) is 0.844. The third-order valence-corrected chi connectivity index (χ3v) is 3.83. The smallest absolute Gasteiger partial charge is 0.410 e. The van der Waals surface area contributed by atoms with Crippen LogP contribution in [0, 0.1) is 5.92 Å². The molecule has 1 aromatic rings. The number of nitrogens with two attached hydrogens (primary N) is 1. The van der Waals surface area contributed by atoms with Crippen LogP contribution in [0.3, 0.4) is 0 Å². The monoisotopic (exact) mass is 387 g/mol. The Morgan fingerprint density at radius 1 is 1.26 bits per heavy atom. The van der Waals surface area contributed by atoms with Crippen molar-refractivity contribution in [3.8, 4) is 5.88 Å². The number of ether oxygens (including phenoxy) is 2. The molecular weight excluding hydrogens is 350 g/mol. The number of nitrogens with zero attached hydrogens (tertiary/aromatic N) is 2. The van der Waals surface area contributed by atoms with E-state index in [4.69, 9.17) is 15.2 Å². The van der Waals surface area contributed by atoms with Crippen molar-refractivity contribution in [1.29, 1.82) is 0 Å². The number of anilines is 1. The standard InChI is InChI=1S/C17H27N3O3.C2H6.2H2O/c1-17(2,3)23-16(21)20-10-6-13(7-11-20)8-12-22-15-14(18)5-4-9-19-15;1-2;;/h4-5,9,13H,6-8,10-12,18H2,1-3H3;1-2H3;2*1H2. The van der Waals surface area contributed by atoms with Gasteiger partial charge in [-0.3, -0.25) is 0 Å². The lowest BCUT2D eigenvalue weighted by Gasteiger charge is -2.33. The summed E-state index contributed by atoms with van der Waals surface area (Å²) >= 11 is 0. The van der Waals surface area contributed by atoms with Gasteiger partial charge in [-0.1, -0.05) is 13.8 Å². The molecule has 0 spiro atoms. The van der Waals surface area contributed by atoms with Crippen LogP contribution in [0.15, 0.2) is 18.3 Å². The highest BCUT2D eigenvalue weighted by Crippen LogP contribution is 2.23. The van der Waals surface area contributed by atoms with Gasteiger partial charge in [0, 0.05) is 19.3 Å². The number of rotatable bonds is 4. The molecule has 1 amide bonds. The Kier molecular flexibility index (Phi) is 13.2. The molecule has 6 N–H and O–H groups in total. The number of likely N-dealkylation sites (tertiary alicyclic amines) is 1. The molecule has 2 rings (SSSR count). The normalized spacial score (nSPS) is 14.0. The molecule has 1 aromatic heterocycles. The van der Waals surface area contributed by atoms with Gasteiger partial charge >= 0.3 is 6.09 Å². The number of nitrogen functional groups attached to an aromatic ring is 1. The van der Waals surface area contributed by atoms with E-state index in [0.717, 1.165) is 32.4 Å². The van der Waals surface area contributed by atoms with E-state index in [9.17, 15) is 4.79 Å². The zero-order valence-corrected chi connectivity index (χ0v) is 17.2. The molecule has 8 heteroatoms. The Morgan fingerprint density at radius 3 is 2.37 bits per heavy atom. The van der Waals surface area contributed by atoms with Gasteiger partial charge in [0.1, 0.15) is 5.60 Å². The molecule has 0 bridgehead atoms. The van der Waals surface area contributed by atoms with Crippen molar-refractivity contribution in [2.24, 2.45) is 5.92 Å². The molecule has 0 aromatic carbocycles. The van der Waals surface area contributed by atoms with Crippen molar-refractivity contribution in [3.05, 3.63) is 18.3 Å². The van der Waals surface area contributed by atoms with E-state index in [1.807, 2.05) is 34.6 Å². The summed E-state index contributed by atoms with van der Waals surface area (Å²) in [6.07, 6.45) is 4.34. The number of carbonyl (C=O) groups is 1. The van der Waals surface area contributed by atoms with Gasteiger partial charge in [0.2, 0.25) is 5.88 Å². The van der Waals surface area contributed by atoms with Crippen molar-refractivity contribution in [3.63, 3.8) is 0 Å². The summed E-state index contributed by atoms with van der Waals surface area (Å²) in [7, 11) is 0. The third-order valence-electron chi connectivity index (χ3n) is 3.83.